The van der Waals surface area contributed by atoms with E-state index in [-0.39, 0.29) is 10.5 Å². The van der Waals surface area contributed by atoms with Crippen LogP contribution in [-0.4, -0.2) is 44.8 Å². The fourth-order valence-corrected chi connectivity index (χ4v) is 4.42. The Morgan fingerprint density at radius 2 is 1.83 bits per heavy atom. The Morgan fingerprint density at radius 3 is 2.45 bits per heavy atom. The molecule has 152 valence electrons. The standard InChI is InChI=1S/C20H21N3O4S2/c1-13-18(14-8-10-16(27-4)11-9-14)21-20(28-13)22-19(24)15-6-5-7-17(12-15)29(25,26)23(2)3/h5-12H,1-4H3,(H,21,22,24). The lowest BCUT2D eigenvalue weighted by Gasteiger charge is -2.12. The summed E-state index contributed by atoms with van der Waals surface area (Å²) < 4.78 is 30.9. The van der Waals surface area contributed by atoms with E-state index in [0.717, 1.165) is 26.2 Å². The molecular formula is C20H21N3O4S2. The van der Waals surface area contributed by atoms with E-state index in [0.29, 0.717) is 5.13 Å². The third-order valence-electron chi connectivity index (χ3n) is 4.26. The van der Waals surface area contributed by atoms with Crippen LogP contribution in [-0.2, 0) is 10.0 Å². The molecule has 2 aromatic carbocycles. The molecule has 0 bridgehead atoms. The summed E-state index contributed by atoms with van der Waals surface area (Å²) >= 11 is 1.36. The summed E-state index contributed by atoms with van der Waals surface area (Å²) in [5.41, 5.74) is 1.93. The molecule has 0 aliphatic heterocycles. The molecule has 7 nitrogen and oxygen atoms in total. The molecule has 3 rings (SSSR count). The molecule has 0 spiro atoms. The number of hydrogen-bond acceptors (Lipinski definition) is 6. The SMILES string of the molecule is COc1ccc(-c2nc(NC(=O)c3cccc(S(=O)(=O)N(C)C)c3)sc2C)cc1. The number of thiazole rings is 1. The molecule has 3 aromatic rings. The van der Waals surface area contributed by atoms with Crippen molar-refractivity contribution in [1.29, 1.82) is 0 Å². The van der Waals surface area contributed by atoms with Gasteiger partial charge in [-0.25, -0.2) is 17.7 Å². The van der Waals surface area contributed by atoms with Gasteiger partial charge in [-0.3, -0.25) is 10.1 Å². The van der Waals surface area contributed by atoms with Crippen molar-refractivity contribution in [3.05, 3.63) is 59.0 Å². The molecule has 29 heavy (non-hydrogen) atoms. The van der Waals surface area contributed by atoms with Gasteiger partial charge in [0.25, 0.3) is 5.91 Å². The number of rotatable bonds is 6. The van der Waals surface area contributed by atoms with E-state index < -0.39 is 15.9 Å². The predicted molar refractivity (Wildman–Crippen MR) is 114 cm³/mol. The highest BCUT2D eigenvalue weighted by Gasteiger charge is 2.19. The van der Waals surface area contributed by atoms with E-state index >= 15 is 0 Å². The molecule has 0 aliphatic rings. The molecule has 0 atom stereocenters. The van der Waals surface area contributed by atoms with E-state index in [9.17, 15) is 13.2 Å². The minimum absolute atomic E-state index is 0.0596. The largest absolute Gasteiger partial charge is 0.497 e. The van der Waals surface area contributed by atoms with Gasteiger partial charge in [0.1, 0.15) is 5.75 Å². The van der Waals surface area contributed by atoms with Gasteiger partial charge in [-0.2, -0.15) is 0 Å². The van der Waals surface area contributed by atoms with Crippen molar-refractivity contribution in [2.45, 2.75) is 11.8 Å². The van der Waals surface area contributed by atoms with E-state index in [4.69, 9.17) is 4.74 Å². The number of amides is 1. The second-order valence-corrected chi connectivity index (χ2v) is 9.78. The van der Waals surface area contributed by atoms with Crippen LogP contribution in [0.15, 0.2) is 53.4 Å². The smallest absolute Gasteiger partial charge is 0.257 e. The molecule has 0 saturated carbocycles. The first-order valence-electron chi connectivity index (χ1n) is 8.68. The molecule has 0 aliphatic carbocycles. The Hall–Kier alpha value is -2.75. The van der Waals surface area contributed by atoms with Gasteiger partial charge in [0.05, 0.1) is 17.7 Å². The fraction of sp³-hybridized carbons (Fsp3) is 0.200. The minimum Gasteiger partial charge on any atom is -0.497 e. The summed E-state index contributed by atoms with van der Waals surface area (Å²) in [5.74, 6) is 0.332. The van der Waals surface area contributed by atoms with Crippen LogP contribution in [0.1, 0.15) is 15.2 Å². The number of aromatic nitrogens is 1. The molecule has 0 unspecified atom stereocenters. The second kappa shape index (κ2) is 8.32. The molecule has 1 amide bonds. The Labute approximate surface area is 174 Å². The summed E-state index contributed by atoms with van der Waals surface area (Å²) in [6, 6.07) is 13.4. The Bertz CT molecular complexity index is 1140. The Kier molecular flexibility index (Phi) is 6.02. The van der Waals surface area contributed by atoms with Crippen LogP contribution in [0, 0.1) is 6.92 Å². The molecule has 1 aromatic heterocycles. The average Bonchev–Trinajstić information content (AvgIpc) is 3.08. The number of carbonyl (C=O) groups excluding carboxylic acids is 1. The maximum atomic E-state index is 12.6. The number of hydrogen-bond donors (Lipinski definition) is 1. The summed E-state index contributed by atoms with van der Waals surface area (Å²) in [7, 11) is 0.878. The van der Waals surface area contributed by atoms with Gasteiger partial charge in [0, 0.05) is 30.1 Å². The number of anilines is 1. The lowest BCUT2D eigenvalue weighted by atomic mass is 10.1. The number of carbonyl (C=O) groups is 1. The van der Waals surface area contributed by atoms with Crippen LogP contribution in [0.5, 0.6) is 5.75 Å². The maximum Gasteiger partial charge on any atom is 0.257 e. The number of ether oxygens (including phenoxy) is 1. The first kappa shape index (κ1) is 21.0. The van der Waals surface area contributed by atoms with Gasteiger partial charge >= 0.3 is 0 Å². The van der Waals surface area contributed by atoms with Crippen LogP contribution in [0.3, 0.4) is 0 Å². The molecule has 0 saturated heterocycles. The second-order valence-electron chi connectivity index (χ2n) is 6.42. The van der Waals surface area contributed by atoms with Gasteiger partial charge in [-0.05, 0) is 49.4 Å². The lowest BCUT2D eigenvalue weighted by Crippen LogP contribution is -2.22. The number of sulfonamides is 1. The molecule has 0 fully saturated rings. The first-order valence-corrected chi connectivity index (χ1v) is 10.9. The van der Waals surface area contributed by atoms with Crippen molar-refractivity contribution in [3.8, 4) is 17.0 Å². The summed E-state index contributed by atoms with van der Waals surface area (Å²) in [5, 5.41) is 3.20. The summed E-state index contributed by atoms with van der Waals surface area (Å²) in [6.45, 7) is 1.93. The average molecular weight is 432 g/mol. The van der Waals surface area contributed by atoms with Gasteiger partial charge in [-0.1, -0.05) is 6.07 Å². The van der Waals surface area contributed by atoms with Crippen molar-refractivity contribution >= 4 is 32.4 Å². The fourth-order valence-electron chi connectivity index (χ4n) is 2.64. The molecular weight excluding hydrogens is 410 g/mol. The van der Waals surface area contributed by atoms with Gasteiger partial charge in [-0.15, -0.1) is 11.3 Å². The summed E-state index contributed by atoms with van der Waals surface area (Å²) in [4.78, 5) is 18.2. The van der Waals surface area contributed by atoms with Crippen LogP contribution < -0.4 is 10.1 Å². The molecule has 0 radical (unpaired) electrons. The number of nitrogens with zero attached hydrogens (tertiary/aromatic N) is 2. The third-order valence-corrected chi connectivity index (χ3v) is 6.95. The zero-order valence-corrected chi connectivity index (χ0v) is 18.1. The van der Waals surface area contributed by atoms with Crippen molar-refractivity contribution in [1.82, 2.24) is 9.29 Å². The topological polar surface area (TPSA) is 88.6 Å². The minimum atomic E-state index is -3.62. The van der Waals surface area contributed by atoms with Gasteiger partial charge < -0.3 is 4.74 Å². The normalized spacial score (nSPS) is 11.5. The number of methoxy groups -OCH3 is 1. The number of aryl methyl sites for hydroxylation is 1. The molecule has 1 heterocycles. The maximum absolute atomic E-state index is 12.6. The van der Waals surface area contributed by atoms with Gasteiger partial charge in [0.15, 0.2) is 5.13 Å². The van der Waals surface area contributed by atoms with Crippen molar-refractivity contribution in [2.24, 2.45) is 0 Å². The third kappa shape index (κ3) is 4.47. The first-order chi connectivity index (χ1) is 13.7. The quantitative estimate of drug-likeness (QED) is 0.644. The van der Waals surface area contributed by atoms with Crippen LogP contribution >= 0.6 is 11.3 Å². The lowest BCUT2D eigenvalue weighted by molar-refractivity contribution is 0.102. The highest BCUT2D eigenvalue weighted by molar-refractivity contribution is 7.89. The number of benzene rings is 2. The van der Waals surface area contributed by atoms with E-state index in [1.165, 1.54) is 37.6 Å². The van der Waals surface area contributed by atoms with Crippen LogP contribution in [0.25, 0.3) is 11.3 Å². The van der Waals surface area contributed by atoms with Crippen molar-refractivity contribution in [3.63, 3.8) is 0 Å². The highest BCUT2D eigenvalue weighted by Crippen LogP contribution is 2.31. The summed E-state index contributed by atoms with van der Waals surface area (Å²) in [6.07, 6.45) is 0. The van der Waals surface area contributed by atoms with Crippen LogP contribution in [0.4, 0.5) is 5.13 Å². The Balaban J connectivity index is 1.83. The monoisotopic (exact) mass is 431 g/mol. The van der Waals surface area contributed by atoms with E-state index in [2.05, 4.69) is 10.3 Å². The van der Waals surface area contributed by atoms with E-state index in [1.807, 2.05) is 31.2 Å². The highest BCUT2D eigenvalue weighted by atomic mass is 32.2. The van der Waals surface area contributed by atoms with Crippen molar-refractivity contribution in [2.75, 3.05) is 26.5 Å². The zero-order valence-electron chi connectivity index (χ0n) is 16.5. The van der Waals surface area contributed by atoms with E-state index in [1.54, 1.807) is 19.2 Å². The van der Waals surface area contributed by atoms with Gasteiger partial charge in [0.2, 0.25) is 10.0 Å². The predicted octanol–water partition coefficient (Wildman–Crippen LogP) is 3.63. The van der Waals surface area contributed by atoms with Crippen molar-refractivity contribution < 1.29 is 17.9 Å². The Morgan fingerprint density at radius 1 is 1.14 bits per heavy atom. The van der Waals surface area contributed by atoms with Crippen LogP contribution in [0.2, 0.25) is 0 Å². The molecule has 9 heteroatoms. The zero-order chi connectivity index (χ0) is 21.2. The molecule has 1 N–H and O–H groups in total. The number of nitrogens with one attached hydrogen (secondary N) is 1.